The molecule has 0 heterocycles. The van der Waals surface area contributed by atoms with Crippen molar-refractivity contribution in [2.75, 3.05) is 39.6 Å². The van der Waals surface area contributed by atoms with Gasteiger partial charge in [0.05, 0.1) is 26.4 Å². The van der Waals surface area contributed by atoms with E-state index in [1.165, 1.54) is 122 Å². The van der Waals surface area contributed by atoms with Crippen molar-refractivity contribution in [3.8, 4) is 0 Å². The molecule has 0 aromatic rings. The van der Waals surface area contributed by atoms with Gasteiger partial charge in [-0.15, -0.1) is 0 Å². The van der Waals surface area contributed by atoms with Gasteiger partial charge in [0, 0.05) is 25.7 Å². The summed E-state index contributed by atoms with van der Waals surface area (Å²) in [6.07, 6.45) is 38.1. The Bertz CT molecular complexity index is 1710. The normalized spacial score (nSPS) is 14.4. The number of esters is 4. The van der Waals surface area contributed by atoms with Crippen LogP contribution in [0.5, 0.6) is 0 Å². The lowest BCUT2D eigenvalue weighted by molar-refractivity contribution is -0.161. The number of unbranched alkanes of at least 4 members (excludes halogenated alkanes) is 30. The maximum absolute atomic E-state index is 13.0. The largest absolute Gasteiger partial charge is 0.472 e. The summed E-state index contributed by atoms with van der Waals surface area (Å²) in [4.78, 5) is 72.2. The molecule has 0 radical (unpaired) electrons. The highest BCUT2D eigenvalue weighted by atomic mass is 31.2. The van der Waals surface area contributed by atoms with Crippen LogP contribution < -0.4 is 0 Å². The molecule has 17 nitrogen and oxygen atoms in total. The van der Waals surface area contributed by atoms with Crippen LogP contribution in [0.25, 0.3) is 0 Å². The molecule has 5 atom stereocenters. The van der Waals surface area contributed by atoms with Gasteiger partial charge in [0.15, 0.2) is 12.2 Å². The van der Waals surface area contributed by atoms with Crippen molar-refractivity contribution >= 4 is 39.5 Å². The Labute approximate surface area is 524 Å². The Kier molecular flexibility index (Phi) is 55.7. The second-order valence-electron chi connectivity index (χ2n) is 26.1. The van der Waals surface area contributed by atoms with E-state index in [1.807, 2.05) is 0 Å². The molecule has 0 saturated carbocycles. The summed E-state index contributed by atoms with van der Waals surface area (Å²) in [6, 6.07) is 0. The monoisotopic (exact) mass is 1270 g/mol. The number of ether oxygens (including phenoxy) is 4. The van der Waals surface area contributed by atoms with Gasteiger partial charge in [-0.3, -0.25) is 37.3 Å². The minimum Gasteiger partial charge on any atom is -0.462 e. The third-order valence-electron chi connectivity index (χ3n) is 15.3. The fraction of sp³-hybridized carbons (Fsp3) is 0.940. The minimum absolute atomic E-state index is 0.100. The van der Waals surface area contributed by atoms with Crippen LogP contribution in [0.3, 0.4) is 0 Å². The zero-order valence-corrected chi connectivity index (χ0v) is 57.7. The molecule has 2 unspecified atom stereocenters. The average Bonchev–Trinajstić information content (AvgIpc) is 3.63. The van der Waals surface area contributed by atoms with Gasteiger partial charge in [-0.2, -0.15) is 0 Å². The zero-order chi connectivity index (χ0) is 63.9. The molecule has 0 aliphatic rings. The van der Waals surface area contributed by atoms with Crippen molar-refractivity contribution in [2.45, 2.75) is 343 Å². The second kappa shape index (κ2) is 57.0. The standard InChI is InChI=1S/C67H130O17P2/c1-57(2)43-35-27-19-16-14-12-10-9-11-13-15-17-21-31-39-47-64(69)77-53-62(83-66(71)49-41-33-22-18-20-28-36-44-58(3)4)55-81-85(73,74)79-51-61(68)52-80-86(75,76)82-56-63(84-67(72)50-42-34-26-24-30-38-46-60(7)8)54-78-65(70)48-40-32-25-23-29-37-45-59(5)6/h57-63,68H,9-56H2,1-8H3,(H,73,74)(H,75,76)/t61-,62-,63-/m1/s1. The first-order valence-electron chi connectivity index (χ1n) is 34.7. The number of carbonyl (C=O) groups is 4. The van der Waals surface area contributed by atoms with E-state index in [1.54, 1.807) is 0 Å². The van der Waals surface area contributed by atoms with E-state index in [2.05, 4.69) is 55.4 Å². The molecule has 3 N–H and O–H groups in total. The van der Waals surface area contributed by atoms with Crippen molar-refractivity contribution in [3.63, 3.8) is 0 Å². The Morgan fingerprint density at radius 1 is 0.291 bits per heavy atom. The maximum Gasteiger partial charge on any atom is 0.472 e. The molecule has 0 saturated heterocycles. The molecule has 0 aliphatic carbocycles. The number of aliphatic hydroxyl groups excluding tert-OH is 1. The fourth-order valence-electron chi connectivity index (χ4n) is 9.96. The number of aliphatic hydroxyl groups is 1. The fourth-order valence-corrected chi connectivity index (χ4v) is 11.5. The van der Waals surface area contributed by atoms with Crippen molar-refractivity contribution < 1.29 is 80.2 Å². The molecule has 0 aromatic heterocycles. The van der Waals surface area contributed by atoms with Gasteiger partial charge < -0.3 is 33.8 Å². The lowest BCUT2D eigenvalue weighted by Crippen LogP contribution is -2.30. The van der Waals surface area contributed by atoms with Crippen LogP contribution in [0, 0.1) is 23.7 Å². The van der Waals surface area contributed by atoms with Crippen molar-refractivity contribution in [1.29, 1.82) is 0 Å². The zero-order valence-electron chi connectivity index (χ0n) is 55.9. The van der Waals surface area contributed by atoms with E-state index >= 15 is 0 Å². The molecular formula is C67H130O17P2. The van der Waals surface area contributed by atoms with Crippen LogP contribution in [-0.4, -0.2) is 96.7 Å². The second-order valence-corrected chi connectivity index (χ2v) is 29.0. The summed E-state index contributed by atoms with van der Waals surface area (Å²) in [7, 11) is -9.89. The topological polar surface area (TPSA) is 237 Å². The van der Waals surface area contributed by atoms with E-state index in [4.69, 9.17) is 37.0 Å². The summed E-state index contributed by atoms with van der Waals surface area (Å²) in [5.74, 6) is 0.709. The summed E-state index contributed by atoms with van der Waals surface area (Å²) >= 11 is 0. The average molecular weight is 1270 g/mol. The number of hydrogen-bond acceptors (Lipinski definition) is 15. The maximum atomic E-state index is 13.0. The first kappa shape index (κ1) is 84.1. The summed E-state index contributed by atoms with van der Waals surface area (Å²) in [5.41, 5.74) is 0. The highest BCUT2D eigenvalue weighted by Gasteiger charge is 2.30. The van der Waals surface area contributed by atoms with Crippen LogP contribution in [0.15, 0.2) is 0 Å². The number of rotatable bonds is 64. The Hall–Kier alpha value is -1.94. The number of hydrogen-bond donors (Lipinski definition) is 3. The molecular weight excluding hydrogens is 1140 g/mol. The Balaban J connectivity index is 5.16. The predicted octanol–water partition coefficient (Wildman–Crippen LogP) is 18.5. The van der Waals surface area contributed by atoms with E-state index in [9.17, 15) is 43.2 Å². The van der Waals surface area contributed by atoms with Crippen molar-refractivity contribution in [3.05, 3.63) is 0 Å². The smallest absolute Gasteiger partial charge is 0.462 e. The lowest BCUT2D eigenvalue weighted by Gasteiger charge is -2.21. The number of phosphoric ester groups is 2. The Morgan fingerprint density at radius 2 is 0.488 bits per heavy atom. The van der Waals surface area contributed by atoms with Crippen LogP contribution in [-0.2, 0) is 65.4 Å². The van der Waals surface area contributed by atoms with Crippen LogP contribution in [0.1, 0.15) is 325 Å². The van der Waals surface area contributed by atoms with Gasteiger partial charge in [-0.05, 0) is 49.4 Å². The minimum atomic E-state index is -4.95. The Morgan fingerprint density at radius 3 is 0.721 bits per heavy atom. The van der Waals surface area contributed by atoms with Crippen molar-refractivity contribution in [1.82, 2.24) is 0 Å². The quantitative estimate of drug-likeness (QED) is 0.0222. The van der Waals surface area contributed by atoms with Crippen LogP contribution in [0.2, 0.25) is 0 Å². The van der Waals surface area contributed by atoms with Gasteiger partial charge in [0.1, 0.15) is 19.3 Å². The summed E-state index contributed by atoms with van der Waals surface area (Å²) < 4.78 is 68.0. The molecule has 86 heavy (non-hydrogen) atoms. The van der Waals surface area contributed by atoms with Gasteiger partial charge in [-0.1, -0.05) is 274 Å². The SMILES string of the molecule is CC(C)CCCCCCCCCCCCCCCCCC(=O)OC[C@H](COP(=O)(O)OC[C@@H](O)COP(=O)(O)OC[C@@H](COC(=O)CCCCCCCCC(C)C)OC(=O)CCCCCCCCC(C)C)OC(=O)CCCCCCCCCC(C)C. The molecule has 0 fully saturated rings. The highest BCUT2D eigenvalue weighted by molar-refractivity contribution is 7.47. The van der Waals surface area contributed by atoms with E-state index in [0.717, 1.165) is 102 Å². The van der Waals surface area contributed by atoms with E-state index in [-0.39, 0.29) is 25.7 Å². The molecule has 0 bridgehead atoms. The number of carbonyl (C=O) groups excluding carboxylic acids is 4. The third kappa shape index (κ3) is 60.9. The first-order valence-corrected chi connectivity index (χ1v) is 37.7. The van der Waals surface area contributed by atoms with Gasteiger partial charge in [0.25, 0.3) is 0 Å². The molecule has 0 rings (SSSR count). The van der Waals surface area contributed by atoms with Crippen LogP contribution in [0.4, 0.5) is 0 Å². The van der Waals surface area contributed by atoms with Crippen LogP contribution >= 0.6 is 15.6 Å². The van der Waals surface area contributed by atoms with Gasteiger partial charge >= 0.3 is 39.5 Å². The summed E-state index contributed by atoms with van der Waals surface area (Å²) in [6.45, 7) is 13.9. The predicted molar refractivity (Wildman–Crippen MR) is 344 cm³/mol. The van der Waals surface area contributed by atoms with Gasteiger partial charge in [-0.25, -0.2) is 9.13 Å². The first-order chi connectivity index (χ1) is 41.1. The number of phosphoric acid groups is 2. The molecule has 0 amide bonds. The highest BCUT2D eigenvalue weighted by Crippen LogP contribution is 2.45. The molecule has 0 aromatic carbocycles. The molecule has 0 spiro atoms. The summed E-state index contributed by atoms with van der Waals surface area (Å²) in [5, 5.41) is 10.5. The molecule has 0 aliphatic heterocycles. The van der Waals surface area contributed by atoms with Gasteiger partial charge in [0.2, 0.25) is 0 Å². The van der Waals surface area contributed by atoms with Crippen molar-refractivity contribution in [2.24, 2.45) is 23.7 Å². The van der Waals surface area contributed by atoms with E-state index in [0.29, 0.717) is 43.4 Å². The van der Waals surface area contributed by atoms with E-state index < -0.39 is 97.5 Å². The lowest BCUT2D eigenvalue weighted by atomic mass is 10.0. The molecule has 510 valence electrons. The third-order valence-corrected chi connectivity index (χ3v) is 17.2. The molecule has 19 heteroatoms.